The molecule has 1 aliphatic rings. The van der Waals surface area contributed by atoms with Crippen LogP contribution in [0.5, 0.6) is 0 Å². The molecule has 0 atom stereocenters. The van der Waals surface area contributed by atoms with Crippen molar-refractivity contribution in [2.45, 2.75) is 39.5 Å². The van der Waals surface area contributed by atoms with E-state index in [2.05, 4.69) is 22.5 Å². The van der Waals surface area contributed by atoms with Gasteiger partial charge in [-0.2, -0.15) is 0 Å². The molecular weight excluding hydrogens is 257 g/mol. The summed E-state index contributed by atoms with van der Waals surface area (Å²) in [6.45, 7) is 5.37. The molecule has 20 heavy (non-hydrogen) atoms. The molecule has 110 valence electrons. The SMILES string of the molecule is CCCNc1nccc(C(=O)NCC2(C)CCC2)c1F. The fourth-order valence-corrected chi connectivity index (χ4v) is 2.33. The number of hydrogen-bond donors (Lipinski definition) is 2. The molecule has 0 unspecified atom stereocenters. The molecule has 5 heteroatoms. The third-order valence-corrected chi connectivity index (χ3v) is 3.91. The van der Waals surface area contributed by atoms with Crippen molar-refractivity contribution >= 4 is 11.7 Å². The number of aromatic nitrogens is 1. The van der Waals surface area contributed by atoms with Crippen molar-refractivity contribution in [3.05, 3.63) is 23.6 Å². The van der Waals surface area contributed by atoms with Gasteiger partial charge in [0.05, 0.1) is 5.56 Å². The van der Waals surface area contributed by atoms with Crippen LogP contribution in [0.15, 0.2) is 12.3 Å². The van der Waals surface area contributed by atoms with Crippen molar-refractivity contribution in [3.63, 3.8) is 0 Å². The van der Waals surface area contributed by atoms with Gasteiger partial charge in [-0.15, -0.1) is 0 Å². The third kappa shape index (κ3) is 3.26. The lowest BCUT2D eigenvalue weighted by Crippen LogP contribution is -2.40. The average Bonchev–Trinajstić information content (AvgIpc) is 2.41. The highest BCUT2D eigenvalue weighted by Crippen LogP contribution is 2.39. The van der Waals surface area contributed by atoms with Crippen molar-refractivity contribution in [2.75, 3.05) is 18.4 Å². The van der Waals surface area contributed by atoms with Crippen LogP contribution in [0.1, 0.15) is 49.9 Å². The minimum atomic E-state index is -0.572. The molecular formula is C15H22FN3O. The Labute approximate surface area is 119 Å². The Morgan fingerprint density at radius 2 is 2.25 bits per heavy atom. The summed E-state index contributed by atoms with van der Waals surface area (Å²) in [4.78, 5) is 16.0. The van der Waals surface area contributed by atoms with Crippen LogP contribution >= 0.6 is 0 Å². The maximum Gasteiger partial charge on any atom is 0.254 e. The fraction of sp³-hybridized carbons (Fsp3) is 0.600. The smallest absolute Gasteiger partial charge is 0.254 e. The number of carbonyl (C=O) groups excluding carboxylic acids is 1. The first-order chi connectivity index (χ1) is 9.56. The molecule has 4 nitrogen and oxygen atoms in total. The normalized spacial score (nSPS) is 16.4. The van der Waals surface area contributed by atoms with Gasteiger partial charge in [-0.25, -0.2) is 9.37 Å². The Hall–Kier alpha value is -1.65. The van der Waals surface area contributed by atoms with Crippen molar-refractivity contribution in [1.29, 1.82) is 0 Å². The van der Waals surface area contributed by atoms with Crippen molar-refractivity contribution in [3.8, 4) is 0 Å². The summed E-state index contributed by atoms with van der Waals surface area (Å²) in [5.41, 5.74) is 0.240. The largest absolute Gasteiger partial charge is 0.368 e. The molecule has 0 saturated heterocycles. The van der Waals surface area contributed by atoms with E-state index in [1.807, 2.05) is 6.92 Å². The molecule has 0 spiro atoms. The summed E-state index contributed by atoms with van der Waals surface area (Å²) in [5, 5.41) is 5.72. The fourth-order valence-electron chi connectivity index (χ4n) is 2.33. The number of amides is 1. The summed E-state index contributed by atoms with van der Waals surface area (Å²) < 4.78 is 14.2. The Bertz CT molecular complexity index is 486. The van der Waals surface area contributed by atoms with E-state index in [1.54, 1.807) is 0 Å². The molecule has 1 aromatic rings. The standard InChI is InChI=1S/C15H22FN3O/c1-3-8-17-13-12(16)11(5-9-18-13)14(20)19-10-15(2)6-4-7-15/h5,9H,3-4,6-8,10H2,1-2H3,(H,17,18)(H,19,20). The van der Waals surface area contributed by atoms with Crippen molar-refractivity contribution < 1.29 is 9.18 Å². The van der Waals surface area contributed by atoms with E-state index in [1.165, 1.54) is 18.7 Å². The zero-order valence-electron chi connectivity index (χ0n) is 12.1. The Kier molecular flexibility index (Phi) is 4.57. The first-order valence-electron chi connectivity index (χ1n) is 7.22. The predicted molar refractivity (Wildman–Crippen MR) is 77.3 cm³/mol. The van der Waals surface area contributed by atoms with E-state index in [0.29, 0.717) is 13.1 Å². The number of nitrogens with zero attached hydrogens (tertiary/aromatic N) is 1. The predicted octanol–water partition coefficient (Wildman–Crippen LogP) is 2.96. The zero-order chi connectivity index (χ0) is 14.6. The Balaban J connectivity index is 2.01. The number of pyridine rings is 1. The van der Waals surface area contributed by atoms with Gasteiger partial charge in [0.1, 0.15) is 0 Å². The third-order valence-electron chi connectivity index (χ3n) is 3.91. The van der Waals surface area contributed by atoms with Gasteiger partial charge >= 0.3 is 0 Å². The average molecular weight is 279 g/mol. The number of carbonyl (C=O) groups is 1. The van der Waals surface area contributed by atoms with E-state index in [0.717, 1.165) is 19.3 Å². The van der Waals surface area contributed by atoms with Crippen LogP contribution in [0.2, 0.25) is 0 Å². The van der Waals surface area contributed by atoms with Crippen LogP contribution < -0.4 is 10.6 Å². The van der Waals surface area contributed by atoms with Gasteiger partial charge in [-0.1, -0.05) is 20.3 Å². The van der Waals surface area contributed by atoms with Crippen LogP contribution in [0.25, 0.3) is 0 Å². The molecule has 0 aromatic carbocycles. The van der Waals surface area contributed by atoms with Crippen molar-refractivity contribution in [1.82, 2.24) is 10.3 Å². The number of rotatable bonds is 6. The second kappa shape index (κ2) is 6.20. The zero-order valence-corrected chi connectivity index (χ0v) is 12.1. The monoisotopic (exact) mass is 279 g/mol. The molecule has 1 aromatic heterocycles. The second-order valence-corrected chi connectivity index (χ2v) is 5.79. The van der Waals surface area contributed by atoms with Gasteiger partial charge in [0.15, 0.2) is 11.6 Å². The van der Waals surface area contributed by atoms with Crippen LogP contribution in [-0.2, 0) is 0 Å². The summed E-state index contributed by atoms with van der Waals surface area (Å²) in [6, 6.07) is 1.42. The number of nitrogens with one attached hydrogen (secondary N) is 2. The Morgan fingerprint density at radius 1 is 1.50 bits per heavy atom. The summed E-state index contributed by atoms with van der Waals surface area (Å²) in [7, 11) is 0. The lowest BCUT2D eigenvalue weighted by Gasteiger charge is -2.38. The van der Waals surface area contributed by atoms with Gasteiger partial charge in [0.25, 0.3) is 5.91 Å². The highest BCUT2D eigenvalue weighted by atomic mass is 19.1. The van der Waals surface area contributed by atoms with Crippen LogP contribution in [-0.4, -0.2) is 24.0 Å². The van der Waals surface area contributed by atoms with E-state index in [-0.39, 0.29) is 22.7 Å². The topological polar surface area (TPSA) is 54.0 Å². The van der Waals surface area contributed by atoms with Crippen LogP contribution in [0.4, 0.5) is 10.2 Å². The molecule has 0 radical (unpaired) electrons. The van der Waals surface area contributed by atoms with E-state index in [9.17, 15) is 9.18 Å². The van der Waals surface area contributed by atoms with Gasteiger partial charge in [-0.05, 0) is 30.7 Å². The molecule has 0 aliphatic heterocycles. The summed E-state index contributed by atoms with van der Waals surface area (Å²) in [6.07, 6.45) is 5.78. The number of hydrogen-bond acceptors (Lipinski definition) is 3. The lowest BCUT2D eigenvalue weighted by atomic mass is 9.70. The highest BCUT2D eigenvalue weighted by molar-refractivity contribution is 5.95. The molecule has 1 saturated carbocycles. The van der Waals surface area contributed by atoms with Gasteiger partial charge in [0.2, 0.25) is 0 Å². The summed E-state index contributed by atoms with van der Waals surface area (Å²) in [5.74, 6) is -0.788. The minimum absolute atomic E-state index is 0.0570. The molecule has 1 fully saturated rings. The van der Waals surface area contributed by atoms with Gasteiger partial charge in [0, 0.05) is 19.3 Å². The second-order valence-electron chi connectivity index (χ2n) is 5.79. The van der Waals surface area contributed by atoms with Crippen LogP contribution in [0, 0.1) is 11.2 Å². The van der Waals surface area contributed by atoms with Crippen LogP contribution in [0.3, 0.4) is 0 Å². The number of anilines is 1. The Morgan fingerprint density at radius 3 is 2.85 bits per heavy atom. The lowest BCUT2D eigenvalue weighted by molar-refractivity contribution is 0.0887. The highest BCUT2D eigenvalue weighted by Gasteiger charge is 2.32. The molecule has 0 bridgehead atoms. The molecule has 2 N–H and O–H groups in total. The molecule has 1 amide bonds. The first-order valence-corrected chi connectivity index (χ1v) is 7.22. The molecule has 2 rings (SSSR count). The maximum absolute atomic E-state index is 14.2. The van der Waals surface area contributed by atoms with Gasteiger partial charge in [-0.3, -0.25) is 4.79 Å². The first kappa shape index (κ1) is 14.8. The van der Waals surface area contributed by atoms with E-state index >= 15 is 0 Å². The quantitative estimate of drug-likeness (QED) is 0.841. The van der Waals surface area contributed by atoms with E-state index in [4.69, 9.17) is 0 Å². The van der Waals surface area contributed by atoms with Gasteiger partial charge < -0.3 is 10.6 Å². The molecule has 1 heterocycles. The van der Waals surface area contributed by atoms with E-state index < -0.39 is 5.82 Å². The minimum Gasteiger partial charge on any atom is -0.368 e. The summed E-state index contributed by atoms with van der Waals surface area (Å²) >= 11 is 0. The number of halogens is 1. The maximum atomic E-state index is 14.2. The molecule has 1 aliphatic carbocycles. The van der Waals surface area contributed by atoms with Crippen molar-refractivity contribution in [2.24, 2.45) is 5.41 Å².